The van der Waals surface area contributed by atoms with Crippen LogP contribution in [0.25, 0.3) is 0 Å². The molecule has 0 saturated carbocycles. The molecule has 2 aromatic rings. The van der Waals surface area contributed by atoms with E-state index in [1.54, 1.807) is 17.0 Å². The molecule has 1 aliphatic rings. The van der Waals surface area contributed by atoms with Crippen molar-refractivity contribution in [2.75, 3.05) is 13.1 Å². The normalized spacial score (nSPS) is 19.3. The molecule has 2 aromatic carbocycles. The Kier molecular flexibility index (Phi) is 6.12. The second-order valence-electron chi connectivity index (χ2n) is 7.95. The van der Waals surface area contributed by atoms with Crippen LogP contribution in [-0.2, 0) is 22.6 Å². The molecule has 0 spiro atoms. The lowest BCUT2D eigenvalue weighted by atomic mass is 9.80. The number of carbonyl (C=O) groups is 2. The zero-order chi connectivity index (χ0) is 20.1. The Hall–Kier alpha value is -2.69. The minimum atomic E-state index is -0.630. The molecule has 1 saturated heterocycles. The predicted octanol–water partition coefficient (Wildman–Crippen LogP) is 3.62. The van der Waals surface area contributed by atoms with Crippen LogP contribution in [0.5, 0.6) is 0 Å². The van der Waals surface area contributed by atoms with Gasteiger partial charge in [0.15, 0.2) is 0 Å². The summed E-state index contributed by atoms with van der Waals surface area (Å²) in [6, 6.07) is 14.2. The number of piperidine rings is 1. The second-order valence-corrected chi connectivity index (χ2v) is 7.95. The average Bonchev–Trinajstić information content (AvgIpc) is 2.68. The molecule has 5 heteroatoms. The van der Waals surface area contributed by atoms with Gasteiger partial charge in [-0.3, -0.25) is 9.59 Å². The SMILES string of the molecule is Cc1ccc(CC(=O)N2CCC[C@](C)(C(=O)NCc3cccc(F)c3)C2)cc1. The first-order valence-electron chi connectivity index (χ1n) is 9.72. The fourth-order valence-electron chi connectivity index (χ4n) is 3.67. The van der Waals surface area contributed by atoms with Crippen LogP contribution >= 0.6 is 0 Å². The standard InChI is InChI=1S/C23H27FN2O2/c1-17-7-9-18(10-8-17)14-21(27)26-12-4-11-23(2,16-26)22(28)25-15-19-5-3-6-20(24)13-19/h3,5-10,13H,4,11-12,14-16H2,1-2H3,(H,25,28)/t23-/m0/s1. The molecule has 4 nitrogen and oxygen atoms in total. The highest BCUT2D eigenvalue weighted by atomic mass is 19.1. The minimum Gasteiger partial charge on any atom is -0.351 e. The van der Waals surface area contributed by atoms with Crippen molar-refractivity contribution in [2.45, 2.75) is 39.7 Å². The molecule has 0 aliphatic carbocycles. The largest absolute Gasteiger partial charge is 0.351 e. The van der Waals surface area contributed by atoms with E-state index in [2.05, 4.69) is 5.32 Å². The third-order valence-electron chi connectivity index (χ3n) is 5.42. The van der Waals surface area contributed by atoms with Crippen LogP contribution in [0.4, 0.5) is 4.39 Å². The van der Waals surface area contributed by atoms with Gasteiger partial charge >= 0.3 is 0 Å². The van der Waals surface area contributed by atoms with E-state index in [9.17, 15) is 14.0 Å². The van der Waals surface area contributed by atoms with E-state index in [0.29, 0.717) is 19.5 Å². The summed E-state index contributed by atoms with van der Waals surface area (Å²) in [5.41, 5.74) is 2.24. The van der Waals surface area contributed by atoms with E-state index in [1.807, 2.05) is 38.1 Å². The van der Waals surface area contributed by atoms with Crippen molar-refractivity contribution in [1.82, 2.24) is 10.2 Å². The van der Waals surface area contributed by atoms with Crippen LogP contribution in [0.2, 0.25) is 0 Å². The summed E-state index contributed by atoms with van der Waals surface area (Å²) >= 11 is 0. The van der Waals surface area contributed by atoms with Gasteiger partial charge in [0.05, 0.1) is 11.8 Å². The molecule has 0 radical (unpaired) electrons. The molecule has 148 valence electrons. The number of likely N-dealkylation sites (tertiary alicyclic amines) is 1. The van der Waals surface area contributed by atoms with Gasteiger partial charge in [-0.2, -0.15) is 0 Å². The van der Waals surface area contributed by atoms with Crippen molar-refractivity contribution in [3.8, 4) is 0 Å². The van der Waals surface area contributed by atoms with E-state index in [0.717, 1.165) is 29.5 Å². The second kappa shape index (κ2) is 8.55. The molecule has 1 atom stereocenters. The Bertz CT molecular complexity index is 850. The third kappa shape index (κ3) is 4.97. The van der Waals surface area contributed by atoms with Gasteiger partial charge in [0.25, 0.3) is 0 Å². The summed E-state index contributed by atoms with van der Waals surface area (Å²) in [4.78, 5) is 27.3. The third-order valence-corrected chi connectivity index (χ3v) is 5.42. The number of halogens is 1. The van der Waals surface area contributed by atoms with Gasteiger partial charge in [0.1, 0.15) is 5.82 Å². The number of carbonyl (C=O) groups excluding carboxylic acids is 2. The fraction of sp³-hybridized carbons (Fsp3) is 0.391. The van der Waals surface area contributed by atoms with E-state index in [1.165, 1.54) is 12.1 Å². The number of amides is 2. The molecule has 0 aromatic heterocycles. The minimum absolute atomic E-state index is 0.0488. The first kappa shape index (κ1) is 20.1. The van der Waals surface area contributed by atoms with Crippen molar-refractivity contribution in [3.05, 3.63) is 71.0 Å². The van der Waals surface area contributed by atoms with Crippen LogP contribution in [0.15, 0.2) is 48.5 Å². The topological polar surface area (TPSA) is 49.4 Å². The van der Waals surface area contributed by atoms with Gasteiger partial charge in [0, 0.05) is 19.6 Å². The highest BCUT2D eigenvalue weighted by molar-refractivity contribution is 5.84. The summed E-state index contributed by atoms with van der Waals surface area (Å²) in [5, 5.41) is 2.91. The molecule has 0 unspecified atom stereocenters. The molecule has 1 aliphatic heterocycles. The van der Waals surface area contributed by atoms with Crippen LogP contribution in [0, 0.1) is 18.2 Å². The van der Waals surface area contributed by atoms with Crippen LogP contribution in [0.1, 0.15) is 36.5 Å². The lowest BCUT2D eigenvalue weighted by Gasteiger charge is -2.39. The van der Waals surface area contributed by atoms with Gasteiger partial charge < -0.3 is 10.2 Å². The van der Waals surface area contributed by atoms with Gasteiger partial charge in [-0.05, 0) is 49.9 Å². The molecule has 1 N–H and O–H groups in total. The summed E-state index contributed by atoms with van der Waals surface area (Å²) in [6.45, 7) is 5.29. The smallest absolute Gasteiger partial charge is 0.227 e. The first-order valence-corrected chi connectivity index (χ1v) is 9.72. The Labute approximate surface area is 165 Å². The van der Waals surface area contributed by atoms with Gasteiger partial charge in [0.2, 0.25) is 11.8 Å². The van der Waals surface area contributed by atoms with Crippen molar-refractivity contribution < 1.29 is 14.0 Å². The molecule has 0 bridgehead atoms. The predicted molar refractivity (Wildman–Crippen MR) is 107 cm³/mol. The van der Waals surface area contributed by atoms with E-state index >= 15 is 0 Å². The number of benzene rings is 2. The number of nitrogens with zero attached hydrogens (tertiary/aromatic N) is 1. The highest BCUT2D eigenvalue weighted by Gasteiger charge is 2.39. The van der Waals surface area contributed by atoms with Crippen molar-refractivity contribution in [3.63, 3.8) is 0 Å². The van der Waals surface area contributed by atoms with Crippen LogP contribution in [0.3, 0.4) is 0 Å². The van der Waals surface area contributed by atoms with Crippen molar-refractivity contribution in [1.29, 1.82) is 0 Å². The maximum Gasteiger partial charge on any atom is 0.227 e. The fourth-order valence-corrected chi connectivity index (χ4v) is 3.67. The van der Waals surface area contributed by atoms with Gasteiger partial charge in [-0.1, -0.05) is 42.0 Å². The van der Waals surface area contributed by atoms with Gasteiger partial charge in [-0.25, -0.2) is 4.39 Å². The quantitative estimate of drug-likeness (QED) is 0.859. The summed E-state index contributed by atoms with van der Waals surface area (Å²) in [6.07, 6.45) is 1.88. The van der Waals surface area contributed by atoms with Crippen LogP contribution < -0.4 is 5.32 Å². The molecular weight excluding hydrogens is 355 g/mol. The number of nitrogens with one attached hydrogen (secondary N) is 1. The summed E-state index contributed by atoms with van der Waals surface area (Å²) < 4.78 is 13.3. The van der Waals surface area contributed by atoms with Crippen molar-refractivity contribution in [2.24, 2.45) is 5.41 Å². The monoisotopic (exact) mass is 382 g/mol. The maximum atomic E-state index is 13.3. The number of rotatable bonds is 5. The van der Waals surface area contributed by atoms with E-state index < -0.39 is 5.41 Å². The number of hydrogen-bond acceptors (Lipinski definition) is 2. The number of aryl methyl sites for hydroxylation is 1. The van der Waals surface area contributed by atoms with E-state index in [-0.39, 0.29) is 24.2 Å². The van der Waals surface area contributed by atoms with Crippen LogP contribution in [-0.4, -0.2) is 29.8 Å². The molecule has 1 heterocycles. The molecule has 2 amide bonds. The molecular formula is C23H27FN2O2. The van der Waals surface area contributed by atoms with Crippen molar-refractivity contribution >= 4 is 11.8 Å². The molecule has 1 fully saturated rings. The maximum absolute atomic E-state index is 13.3. The first-order chi connectivity index (χ1) is 13.4. The molecule has 3 rings (SSSR count). The van der Waals surface area contributed by atoms with E-state index in [4.69, 9.17) is 0 Å². The zero-order valence-electron chi connectivity index (χ0n) is 16.5. The lowest BCUT2D eigenvalue weighted by Crippen LogP contribution is -2.52. The lowest BCUT2D eigenvalue weighted by molar-refractivity contribution is -0.140. The molecule has 28 heavy (non-hydrogen) atoms. The highest BCUT2D eigenvalue weighted by Crippen LogP contribution is 2.30. The Morgan fingerprint density at radius 1 is 1.14 bits per heavy atom. The Morgan fingerprint density at radius 3 is 2.61 bits per heavy atom. The zero-order valence-corrected chi connectivity index (χ0v) is 16.5. The average molecular weight is 382 g/mol. The van der Waals surface area contributed by atoms with Gasteiger partial charge in [-0.15, -0.1) is 0 Å². The summed E-state index contributed by atoms with van der Waals surface area (Å²) in [5.74, 6) is -0.360. The number of hydrogen-bond donors (Lipinski definition) is 1. The Morgan fingerprint density at radius 2 is 1.89 bits per heavy atom. The summed E-state index contributed by atoms with van der Waals surface area (Å²) in [7, 11) is 0. The Balaban J connectivity index is 1.59.